The fraction of sp³-hybridized carbons (Fsp3) is 0. The summed E-state index contributed by atoms with van der Waals surface area (Å²) in [4.78, 5) is 4.18. The molecule has 1 N–H and O–H groups in total. The summed E-state index contributed by atoms with van der Waals surface area (Å²) in [5.41, 5.74) is 1.06. The van der Waals surface area contributed by atoms with E-state index in [1.54, 1.807) is 12.4 Å². The molecule has 0 unspecified atom stereocenters. The topological polar surface area (TPSA) is 54.5 Å². The Morgan fingerprint density at radius 3 is 2.47 bits per heavy atom. The van der Waals surface area contributed by atoms with E-state index in [-0.39, 0.29) is 0 Å². The maximum absolute atomic E-state index is 4.18. The van der Waals surface area contributed by atoms with Crippen LogP contribution in [0.1, 0.15) is 0 Å². The number of fused-ring (bicyclic) bond motifs is 1. The van der Waals surface area contributed by atoms with Gasteiger partial charge < -0.3 is 0 Å². The Balaban J connectivity index is 0.000000144. The molecule has 0 bridgehead atoms. The van der Waals surface area contributed by atoms with Crippen LogP contribution in [0.3, 0.4) is 0 Å². The molecule has 0 radical (unpaired) electrons. The lowest BCUT2D eigenvalue weighted by Gasteiger charge is -1.91. The Hall–Kier alpha value is -2.23. The highest BCUT2D eigenvalue weighted by atomic mass is 15.3. The number of nitrogens with one attached hydrogen (secondary N) is 1. The molecule has 4 heteroatoms. The number of nitrogens with zero attached hydrogens (tertiary/aromatic N) is 3. The maximum Gasteiger partial charge on any atom is 0.0701 e. The molecule has 0 fully saturated rings. The molecular weight excluding hydrogens is 188 g/mol. The van der Waals surface area contributed by atoms with Gasteiger partial charge in [0.2, 0.25) is 0 Å². The zero-order chi connectivity index (χ0) is 10.3. The maximum atomic E-state index is 4.18. The van der Waals surface area contributed by atoms with Crippen LogP contribution in [0.15, 0.2) is 55.0 Å². The van der Waals surface area contributed by atoms with Gasteiger partial charge in [0.15, 0.2) is 0 Å². The number of para-hydroxylation sites is 1. The van der Waals surface area contributed by atoms with E-state index in [9.17, 15) is 0 Å². The second kappa shape index (κ2) is 4.85. The van der Waals surface area contributed by atoms with E-state index in [4.69, 9.17) is 0 Å². The molecule has 1 aromatic carbocycles. The Bertz CT molecular complexity index is 422. The normalized spacial score (nSPS) is 9.33. The zero-order valence-corrected chi connectivity index (χ0v) is 8.04. The highest BCUT2D eigenvalue weighted by Gasteiger charge is 1.86. The van der Waals surface area contributed by atoms with Crippen molar-refractivity contribution in [3.8, 4) is 0 Å². The standard InChI is InChI=1S/C9H7N.C2H3N3/c1-2-6-9-8(4-1)5-3-7-10-9;1-2-4-5-3-1/h1-7H;1-2H,(H,3,4,5). The monoisotopic (exact) mass is 198 g/mol. The lowest BCUT2D eigenvalue weighted by Crippen LogP contribution is -1.73. The van der Waals surface area contributed by atoms with E-state index < -0.39 is 0 Å². The van der Waals surface area contributed by atoms with Crippen LogP contribution in [0.4, 0.5) is 0 Å². The predicted octanol–water partition coefficient (Wildman–Crippen LogP) is 2.04. The molecule has 0 aliphatic rings. The third kappa shape index (κ3) is 2.60. The van der Waals surface area contributed by atoms with Crippen molar-refractivity contribution < 1.29 is 0 Å². The SMILES string of the molecule is c1c[nH]nn1.c1ccc2ncccc2c1. The van der Waals surface area contributed by atoms with Gasteiger partial charge >= 0.3 is 0 Å². The van der Waals surface area contributed by atoms with Crippen molar-refractivity contribution in [1.29, 1.82) is 0 Å². The molecule has 0 amide bonds. The van der Waals surface area contributed by atoms with Crippen LogP contribution >= 0.6 is 0 Å². The van der Waals surface area contributed by atoms with Crippen molar-refractivity contribution >= 4 is 10.9 Å². The molecule has 0 spiro atoms. The molecule has 0 saturated heterocycles. The summed E-state index contributed by atoms with van der Waals surface area (Å²) in [6.07, 6.45) is 5.04. The molecular formula is C11H10N4. The highest BCUT2D eigenvalue weighted by Crippen LogP contribution is 2.07. The van der Waals surface area contributed by atoms with Crippen molar-refractivity contribution in [2.24, 2.45) is 0 Å². The Labute approximate surface area is 87.0 Å². The van der Waals surface area contributed by atoms with Crippen molar-refractivity contribution in [1.82, 2.24) is 20.4 Å². The number of H-pyrrole nitrogens is 1. The van der Waals surface area contributed by atoms with Crippen molar-refractivity contribution in [2.75, 3.05) is 0 Å². The van der Waals surface area contributed by atoms with E-state index in [0.717, 1.165) is 5.52 Å². The van der Waals surface area contributed by atoms with Gasteiger partial charge in [0.1, 0.15) is 0 Å². The first-order valence-corrected chi connectivity index (χ1v) is 4.57. The molecule has 0 atom stereocenters. The molecule has 2 aromatic heterocycles. The van der Waals surface area contributed by atoms with E-state index in [1.807, 2.05) is 30.5 Å². The number of hydrogen-bond acceptors (Lipinski definition) is 3. The largest absolute Gasteiger partial charge is 0.266 e. The van der Waals surface area contributed by atoms with Crippen LogP contribution < -0.4 is 0 Å². The van der Waals surface area contributed by atoms with E-state index >= 15 is 0 Å². The minimum absolute atomic E-state index is 1.06. The number of hydrogen-bond donors (Lipinski definition) is 1. The first-order chi connectivity index (χ1) is 7.47. The third-order valence-corrected chi connectivity index (χ3v) is 1.84. The molecule has 4 nitrogen and oxygen atoms in total. The predicted molar refractivity (Wildman–Crippen MR) is 58.1 cm³/mol. The number of pyridine rings is 1. The molecule has 2 heterocycles. The second-order valence-electron chi connectivity index (χ2n) is 2.86. The van der Waals surface area contributed by atoms with Gasteiger partial charge in [0.05, 0.1) is 11.7 Å². The molecule has 15 heavy (non-hydrogen) atoms. The smallest absolute Gasteiger partial charge is 0.0701 e. The summed E-state index contributed by atoms with van der Waals surface area (Å²) in [6, 6.07) is 12.1. The summed E-state index contributed by atoms with van der Waals surface area (Å²) in [7, 11) is 0. The molecule has 0 aliphatic carbocycles. The quantitative estimate of drug-likeness (QED) is 0.601. The minimum Gasteiger partial charge on any atom is -0.266 e. The van der Waals surface area contributed by atoms with E-state index in [0.29, 0.717) is 0 Å². The number of aromatic amines is 1. The summed E-state index contributed by atoms with van der Waals surface area (Å²) in [6.45, 7) is 0. The van der Waals surface area contributed by atoms with Crippen LogP contribution in [0.2, 0.25) is 0 Å². The summed E-state index contributed by atoms with van der Waals surface area (Å²) >= 11 is 0. The van der Waals surface area contributed by atoms with Gasteiger partial charge in [0.25, 0.3) is 0 Å². The first kappa shape index (κ1) is 9.33. The van der Waals surface area contributed by atoms with Crippen LogP contribution in [-0.2, 0) is 0 Å². The molecule has 0 aliphatic heterocycles. The number of benzene rings is 1. The van der Waals surface area contributed by atoms with Crippen molar-refractivity contribution in [3.63, 3.8) is 0 Å². The molecule has 0 saturated carbocycles. The molecule has 3 rings (SSSR count). The van der Waals surface area contributed by atoms with E-state index in [1.165, 1.54) is 5.39 Å². The van der Waals surface area contributed by atoms with Gasteiger partial charge in [-0.25, -0.2) is 0 Å². The average molecular weight is 198 g/mol. The average Bonchev–Trinajstić information content (AvgIpc) is 2.88. The lowest BCUT2D eigenvalue weighted by atomic mass is 10.2. The second-order valence-corrected chi connectivity index (χ2v) is 2.86. The third-order valence-electron chi connectivity index (χ3n) is 1.84. The number of rotatable bonds is 0. The Morgan fingerprint density at radius 2 is 1.80 bits per heavy atom. The number of aromatic nitrogens is 4. The fourth-order valence-corrected chi connectivity index (χ4v) is 1.18. The van der Waals surface area contributed by atoms with Crippen LogP contribution in [0.5, 0.6) is 0 Å². The zero-order valence-electron chi connectivity index (χ0n) is 8.04. The van der Waals surface area contributed by atoms with Crippen molar-refractivity contribution in [3.05, 3.63) is 55.0 Å². The van der Waals surface area contributed by atoms with Crippen LogP contribution in [-0.4, -0.2) is 20.4 Å². The minimum atomic E-state index is 1.06. The lowest BCUT2D eigenvalue weighted by molar-refractivity contribution is 0.940. The summed E-state index contributed by atoms with van der Waals surface area (Å²) in [5.74, 6) is 0. The molecule has 3 aromatic rings. The van der Waals surface area contributed by atoms with Gasteiger partial charge in [-0.05, 0) is 12.1 Å². The van der Waals surface area contributed by atoms with Crippen LogP contribution in [0, 0.1) is 0 Å². The molecule has 74 valence electrons. The van der Waals surface area contributed by atoms with Gasteiger partial charge in [-0.3, -0.25) is 10.1 Å². The van der Waals surface area contributed by atoms with Crippen molar-refractivity contribution in [2.45, 2.75) is 0 Å². The van der Waals surface area contributed by atoms with Gasteiger partial charge in [-0.2, -0.15) is 0 Å². The summed E-state index contributed by atoms with van der Waals surface area (Å²) in [5, 5.41) is 10.5. The van der Waals surface area contributed by atoms with Gasteiger partial charge in [0, 0.05) is 17.8 Å². The highest BCUT2D eigenvalue weighted by molar-refractivity contribution is 5.77. The fourth-order valence-electron chi connectivity index (χ4n) is 1.18. The van der Waals surface area contributed by atoms with E-state index in [2.05, 4.69) is 32.5 Å². The summed E-state index contributed by atoms with van der Waals surface area (Å²) < 4.78 is 0. The van der Waals surface area contributed by atoms with Gasteiger partial charge in [-0.1, -0.05) is 29.5 Å². The van der Waals surface area contributed by atoms with Gasteiger partial charge in [-0.15, -0.1) is 5.10 Å². The Kier molecular flexibility index (Phi) is 3.02. The first-order valence-electron chi connectivity index (χ1n) is 4.57. The van der Waals surface area contributed by atoms with Crippen LogP contribution in [0.25, 0.3) is 10.9 Å². The Morgan fingerprint density at radius 1 is 0.933 bits per heavy atom.